The Morgan fingerprint density at radius 2 is 1.11 bits per heavy atom. The number of aromatic carboxylic acids is 1. The molecule has 2 saturated heterocycles. The largest absolute Gasteiger partial charge is 0.477 e. The van der Waals surface area contributed by atoms with E-state index in [2.05, 4.69) is 39.0 Å². The van der Waals surface area contributed by atoms with E-state index in [1.807, 2.05) is 4.90 Å². The number of hydrogen-bond acceptors (Lipinski definition) is 7. The van der Waals surface area contributed by atoms with Gasteiger partial charge in [0.05, 0.1) is 12.4 Å². The first-order chi connectivity index (χ1) is 22.7. The van der Waals surface area contributed by atoms with Crippen LogP contribution in [0.3, 0.4) is 0 Å². The zero-order chi connectivity index (χ0) is 33.6. The predicted molar refractivity (Wildman–Crippen MR) is 172 cm³/mol. The Bertz CT molecular complexity index is 1760. The van der Waals surface area contributed by atoms with Crippen LogP contribution in [-0.2, 0) is 0 Å². The van der Waals surface area contributed by atoms with Crippen molar-refractivity contribution in [3.8, 4) is 23.7 Å². The molecular weight excluding hydrogens is 653 g/mol. The summed E-state index contributed by atoms with van der Waals surface area (Å²) in [6, 6.07) is 6.03. The maximum Gasteiger partial charge on any atom is 0.347 e. The molecule has 2 fully saturated rings. The molecule has 0 atom stereocenters. The molecule has 4 heterocycles. The summed E-state index contributed by atoms with van der Waals surface area (Å²) in [4.78, 5) is 33.2. The fourth-order valence-electron chi connectivity index (χ4n) is 4.42. The van der Waals surface area contributed by atoms with E-state index in [1.165, 1.54) is 56.1 Å². The van der Waals surface area contributed by atoms with Gasteiger partial charge in [0.1, 0.15) is 33.0 Å². The van der Waals surface area contributed by atoms with E-state index in [0.717, 1.165) is 80.1 Å². The highest BCUT2D eigenvalue weighted by molar-refractivity contribution is 7.14. The molecular formula is C34H30F4N4O3S2. The normalized spacial score (nSPS) is 13.7. The van der Waals surface area contributed by atoms with Crippen molar-refractivity contribution in [3.63, 3.8) is 0 Å². The number of benzene rings is 2. The molecule has 0 aliphatic carbocycles. The number of piperidine rings is 2. The molecule has 2 aliphatic heterocycles. The van der Waals surface area contributed by atoms with Crippen molar-refractivity contribution in [2.24, 2.45) is 0 Å². The van der Waals surface area contributed by atoms with Gasteiger partial charge in [0, 0.05) is 36.3 Å². The van der Waals surface area contributed by atoms with Crippen LogP contribution in [0.5, 0.6) is 0 Å². The molecule has 13 heteroatoms. The number of halogens is 4. The van der Waals surface area contributed by atoms with Gasteiger partial charge in [-0.05, 0) is 81.3 Å². The first-order valence-electron chi connectivity index (χ1n) is 14.8. The third-order valence-corrected chi connectivity index (χ3v) is 8.44. The number of thiazole rings is 2. The molecule has 4 aromatic rings. The van der Waals surface area contributed by atoms with E-state index in [9.17, 15) is 27.2 Å². The SMILES string of the molecule is C1CCNCC1.O=C(O)c1cnc(C#Cc2cc(F)cc(F)c2)s1.O=C(c1cnc(C#Cc2cc(F)cc(F)c2)s1)N1CCCCC1. The molecule has 0 saturated carbocycles. The van der Waals surface area contributed by atoms with Gasteiger partial charge in [-0.15, -0.1) is 11.3 Å². The molecule has 7 nitrogen and oxygen atoms in total. The Morgan fingerprint density at radius 3 is 1.51 bits per heavy atom. The topological polar surface area (TPSA) is 95.4 Å². The molecule has 244 valence electrons. The van der Waals surface area contributed by atoms with Crippen molar-refractivity contribution in [2.75, 3.05) is 26.2 Å². The second kappa shape index (κ2) is 18.0. The predicted octanol–water partition coefficient (Wildman–Crippen LogP) is 6.73. The zero-order valence-electron chi connectivity index (χ0n) is 25.1. The van der Waals surface area contributed by atoms with Crippen molar-refractivity contribution in [1.29, 1.82) is 0 Å². The first-order valence-corrected chi connectivity index (χ1v) is 16.4. The maximum atomic E-state index is 13.1. The lowest BCUT2D eigenvalue weighted by atomic mass is 10.1. The van der Waals surface area contributed by atoms with Gasteiger partial charge in [-0.1, -0.05) is 29.6 Å². The van der Waals surface area contributed by atoms with Gasteiger partial charge in [-0.25, -0.2) is 32.3 Å². The van der Waals surface area contributed by atoms with Crippen LogP contribution < -0.4 is 5.32 Å². The standard InChI is InChI=1S/C17H14F2N2OS.C12H5F2NO2S.C5H11N/c18-13-8-12(9-14(19)10-13)4-5-16-20-11-15(23-16)17(22)21-6-2-1-3-7-21;13-8-3-7(4-9(14)5-8)1-2-11-15-6-10(18-11)12(16)17;1-2-4-6-5-3-1/h8-11H,1-3,6-7H2;3-6H,(H,16,17);6H,1-5H2. The maximum absolute atomic E-state index is 13.1. The summed E-state index contributed by atoms with van der Waals surface area (Å²) in [5.41, 5.74) is 0.404. The zero-order valence-corrected chi connectivity index (χ0v) is 26.8. The molecule has 6 rings (SSSR count). The van der Waals surface area contributed by atoms with Crippen molar-refractivity contribution in [3.05, 3.63) is 103 Å². The lowest BCUT2D eigenvalue weighted by molar-refractivity contribution is 0.0699. The van der Waals surface area contributed by atoms with E-state index in [0.29, 0.717) is 9.88 Å². The molecule has 2 aromatic heterocycles. The quantitative estimate of drug-likeness (QED) is 0.180. The summed E-state index contributed by atoms with van der Waals surface area (Å²) in [6.07, 6.45) is 10.1. The summed E-state index contributed by atoms with van der Waals surface area (Å²) in [7, 11) is 0. The molecule has 1 amide bonds. The average Bonchev–Trinajstić information content (AvgIpc) is 3.74. The Kier molecular flexibility index (Phi) is 13.5. The fraction of sp³-hybridized carbons (Fsp3) is 0.294. The molecule has 2 aliphatic rings. The number of aromatic nitrogens is 2. The van der Waals surface area contributed by atoms with Crippen LogP contribution in [0, 0.1) is 47.0 Å². The molecule has 0 bridgehead atoms. The molecule has 47 heavy (non-hydrogen) atoms. The molecule has 0 radical (unpaired) electrons. The summed E-state index contributed by atoms with van der Waals surface area (Å²) in [5.74, 6) is 6.60. The van der Waals surface area contributed by atoms with E-state index in [1.54, 1.807) is 0 Å². The third-order valence-electron chi connectivity index (χ3n) is 6.64. The number of carbonyl (C=O) groups excluding carboxylic acids is 1. The Hall–Kier alpha value is -4.56. The van der Waals surface area contributed by atoms with Crippen molar-refractivity contribution in [1.82, 2.24) is 20.2 Å². The number of carboxylic acid groups (broad SMARTS) is 1. The summed E-state index contributed by atoms with van der Waals surface area (Å²) in [5, 5.41) is 12.7. The van der Waals surface area contributed by atoms with E-state index in [-0.39, 0.29) is 26.9 Å². The second-order valence-corrected chi connectivity index (χ2v) is 12.4. The minimum absolute atomic E-state index is 0.0212. The monoisotopic (exact) mass is 682 g/mol. The van der Waals surface area contributed by atoms with Gasteiger partial charge in [-0.2, -0.15) is 0 Å². The van der Waals surface area contributed by atoms with Gasteiger partial charge in [0.15, 0.2) is 10.0 Å². The highest BCUT2D eigenvalue weighted by Crippen LogP contribution is 2.18. The van der Waals surface area contributed by atoms with Crippen LogP contribution in [0.25, 0.3) is 0 Å². The van der Waals surface area contributed by atoms with E-state index < -0.39 is 29.2 Å². The minimum Gasteiger partial charge on any atom is -0.477 e. The lowest BCUT2D eigenvalue weighted by Crippen LogP contribution is -2.35. The highest BCUT2D eigenvalue weighted by atomic mass is 32.1. The number of nitrogens with one attached hydrogen (secondary N) is 1. The molecule has 2 N–H and O–H groups in total. The van der Waals surface area contributed by atoms with Gasteiger partial charge in [0.25, 0.3) is 5.91 Å². The van der Waals surface area contributed by atoms with Crippen molar-refractivity contribution < 1.29 is 32.3 Å². The van der Waals surface area contributed by atoms with Crippen LogP contribution in [0.15, 0.2) is 48.8 Å². The van der Waals surface area contributed by atoms with E-state index in [4.69, 9.17) is 5.11 Å². The fourth-order valence-corrected chi connectivity index (χ4v) is 5.77. The number of amides is 1. The van der Waals surface area contributed by atoms with Gasteiger partial charge in [-0.3, -0.25) is 4.79 Å². The summed E-state index contributed by atoms with van der Waals surface area (Å²) >= 11 is 2.10. The number of likely N-dealkylation sites (tertiary alicyclic amines) is 1. The second-order valence-electron chi connectivity index (χ2n) is 10.3. The van der Waals surface area contributed by atoms with E-state index >= 15 is 0 Å². The number of nitrogens with zero attached hydrogens (tertiary/aromatic N) is 3. The number of hydrogen-bond donors (Lipinski definition) is 2. The van der Waals surface area contributed by atoms with Crippen LogP contribution in [0.1, 0.15) is 79.0 Å². The minimum atomic E-state index is -1.09. The van der Waals surface area contributed by atoms with Gasteiger partial charge in [0.2, 0.25) is 0 Å². The molecule has 0 unspecified atom stereocenters. The highest BCUT2D eigenvalue weighted by Gasteiger charge is 2.20. The van der Waals surface area contributed by atoms with Crippen molar-refractivity contribution >= 4 is 34.6 Å². The lowest BCUT2D eigenvalue weighted by Gasteiger charge is -2.25. The Balaban J connectivity index is 0.000000184. The molecule has 0 spiro atoms. The Morgan fingerprint density at radius 1 is 0.660 bits per heavy atom. The van der Waals surface area contributed by atoms with Crippen LogP contribution in [0.4, 0.5) is 17.6 Å². The van der Waals surface area contributed by atoms with Gasteiger partial charge < -0.3 is 15.3 Å². The Labute approximate surface area is 277 Å². The third kappa shape index (κ3) is 12.0. The summed E-state index contributed by atoms with van der Waals surface area (Å²) in [6.45, 7) is 4.06. The van der Waals surface area contributed by atoms with Gasteiger partial charge >= 0.3 is 5.97 Å². The number of carboxylic acids is 1. The molecule has 2 aromatic carbocycles. The number of rotatable bonds is 2. The first kappa shape index (κ1) is 35.3. The van der Waals surface area contributed by atoms with Crippen LogP contribution in [-0.4, -0.2) is 58.0 Å². The van der Waals surface area contributed by atoms with Crippen LogP contribution >= 0.6 is 22.7 Å². The van der Waals surface area contributed by atoms with Crippen LogP contribution in [0.2, 0.25) is 0 Å². The smallest absolute Gasteiger partial charge is 0.347 e. The number of carbonyl (C=O) groups is 2. The summed E-state index contributed by atoms with van der Waals surface area (Å²) < 4.78 is 51.9. The average molecular weight is 683 g/mol. The van der Waals surface area contributed by atoms with Crippen molar-refractivity contribution in [2.45, 2.75) is 38.5 Å².